The van der Waals surface area contributed by atoms with Gasteiger partial charge >= 0.3 is 6.18 Å². The van der Waals surface area contributed by atoms with Gasteiger partial charge in [0.25, 0.3) is 0 Å². The molecule has 0 radical (unpaired) electrons. The third-order valence-electron chi connectivity index (χ3n) is 3.00. The van der Waals surface area contributed by atoms with Gasteiger partial charge < -0.3 is 5.32 Å². The summed E-state index contributed by atoms with van der Waals surface area (Å²) in [6.07, 6.45) is -3.85. The number of nitriles is 1. The second kappa shape index (κ2) is 6.48. The third-order valence-corrected chi connectivity index (χ3v) is 3.00. The number of aryl methyl sites for hydroxylation is 1. The molecular weight excluding hydrogens is 316 g/mol. The third kappa shape index (κ3) is 4.06. The van der Waals surface area contributed by atoms with Crippen molar-refractivity contribution in [1.29, 1.82) is 5.26 Å². The number of aromatic amines is 1. The van der Waals surface area contributed by atoms with Crippen molar-refractivity contribution >= 4 is 11.6 Å². The first kappa shape index (κ1) is 16.5. The molecule has 1 aromatic heterocycles. The number of nitrogens with zero attached hydrogens (tertiary/aromatic N) is 2. The number of H-pyrrole nitrogens is 1. The maximum atomic E-state index is 13.1. The molecule has 120 valence electrons. The van der Waals surface area contributed by atoms with Crippen molar-refractivity contribution in [1.82, 2.24) is 10.2 Å². The van der Waals surface area contributed by atoms with Gasteiger partial charge in [-0.2, -0.15) is 23.5 Å². The Morgan fingerprint density at radius 2 is 2.13 bits per heavy atom. The number of rotatable bonds is 4. The highest BCUT2D eigenvalue weighted by Crippen LogP contribution is 2.33. The topological polar surface area (TPSA) is 81.6 Å². The van der Waals surface area contributed by atoms with Gasteiger partial charge in [-0.05, 0) is 18.2 Å². The van der Waals surface area contributed by atoms with E-state index in [1.807, 2.05) is 0 Å². The zero-order valence-electron chi connectivity index (χ0n) is 11.5. The van der Waals surface area contributed by atoms with Gasteiger partial charge in [0.2, 0.25) is 5.91 Å². The second-order valence-electron chi connectivity index (χ2n) is 4.61. The molecule has 0 saturated carbocycles. The zero-order chi connectivity index (χ0) is 17.0. The molecule has 2 rings (SSSR count). The highest BCUT2D eigenvalue weighted by molar-refractivity contribution is 5.91. The smallest absolute Gasteiger partial charge is 0.326 e. The van der Waals surface area contributed by atoms with Crippen LogP contribution in [0.5, 0.6) is 0 Å². The summed E-state index contributed by atoms with van der Waals surface area (Å²) in [5.74, 6) is -1.17. The molecule has 1 amide bonds. The average Bonchev–Trinajstić information content (AvgIpc) is 2.89. The minimum Gasteiger partial charge on any atom is -0.326 e. The second-order valence-corrected chi connectivity index (χ2v) is 4.61. The summed E-state index contributed by atoms with van der Waals surface area (Å²) in [7, 11) is 0. The van der Waals surface area contributed by atoms with Gasteiger partial charge in [-0.1, -0.05) is 0 Å². The highest BCUT2D eigenvalue weighted by atomic mass is 19.4. The Morgan fingerprint density at radius 1 is 1.39 bits per heavy atom. The van der Waals surface area contributed by atoms with E-state index in [1.54, 1.807) is 0 Å². The summed E-state index contributed by atoms with van der Waals surface area (Å²) in [6, 6.07) is 4.31. The van der Waals surface area contributed by atoms with Crippen LogP contribution >= 0.6 is 0 Å². The predicted molar refractivity (Wildman–Crippen MR) is 71.7 cm³/mol. The monoisotopic (exact) mass is 326 g/mol. The minimum atomic E-state index is -4.70. The number of anilines is 1. The lowest BCUT2D eigenvalue weighted by Gasteiger charge is -2.11. The fourth-order valence-electron chi connectivity index (χ4n) is 1.89. The Bertz CT molecular complexity index is 761. The van der Waals surface area contributed by atoms with Crippen molar-refractivity contribution in [2.45, 2.75) is 19.0 Å². The van der Waals surface area contributed by atoms with Crippen molar-refractivity contribution in [2.24, 2.45) is 0 Å². The lowest BCUT2D eigenvalue weighted by atomic mass is 10.1. The van der Waals surface area contributed by atoms with Crippen molar-refractivity contribution in [3.8, 4) is 6.07 Å². The summed E-state index contributed by atoms with van der Waals surface area (Å²) < 4.78 is 51.6. The SMILES string of the molecule is N#Cc1ccc(NC(=O)CCc2[nH]ncc2F)cc1C(F)(F)F. The number of carbonyl (C=O) groups excluding carboxylic acids is 1. The Hall–Kier alpha value is -2.89. The van der Waals surface area contributed by atoms with Crippen LogP contribution in [0.2, 0.25) is 0 Å². The van der Waals surface area contributed by atoms with Crippen molar-refractivity contribution in [3.63, 3.8) is 0 Å². The molecule has 0 bridgehead atoms. The molecule has 2 N–H and O–H groups in total. The van der Waals surface area contributed by atoms with Crippen molar-refractivity contribution in [3.05, 3.63) is 47.0 Å². The van der Waals surface area contributed by atoms with Crippen LogP contribution in [-0.2, 0) is 17.4 Å². The van der Waals surface area contributed by atoms with E-state index in [0.717, 1.165) is 12.3 Å². The van der Waals surface area contributed by atoms with Gasteiger partial charge in [0.1, 0.15) is 0 Å². The first-order valence-electron chi connectivity index (χ1n) is 6.40. The van der Waals surface area contributed by atoms with Gasteiger partial charge in [-0.3, -0.25) is 9.89 Å². The maximum Gasteiger partial charge on any atom is 0.417 e. The molecule has 2 aromatic rings. The Balaban J connectivity index is 2.07. The Kier molecular flexibility index (Phi) is 4.64. The fourth-order valence-corrected chi connectivity index (χ4v) is 1.89. The number of benzene rings is 1. The number of alkyl halides is 3. The highest BCUT2D eigenvalue weighted by Gasteiger charge is 2.33. The summed E-state index contributed by atoms with van der Waals surface area (Å²) in [4.78, 5) is 11.7. The van der Waals surface area contributed by atoms with Gasteiger partial charge in [-0.25, -0.2) is 4.39 Å². The number of halogens is 4. The standard InChI is InChI=1S/C14H10F4N4O/c15-11-7-20-22-12(11)3-4-13(23)21-9-2-1-8(6-19)10(5-9)14(16,17)18/h1-2,5,7H,3-4H2,(H,20,22)(H,21,23). The summed E-state index contributed by atoms with van der Waals surface area (Å²) in [5.41, 5.74) is -1.62. The molecule has 5 nitrogen and oxygen atoms in total. The van der Waals surface area contributed by atoms with Crippen molar-refractivity contribution < 1.29 is 22.4 Å². The van der Waals surface area contributed by atoms with Gasteiger partial charge in [0.15, 0.2) is 5.82 Å². The maximum absolute atomic E-state index is 13.1. The van der Waals surface area contributed by atoms with Crippen LogP contribution in [0.1, 0.15) is 23.2 Å². The van der Waals surface area contributed by atoms with E-state index < -0.39 is 29.0 Å². The number of hydrogen-bond donors (Lipinski definition) is 2. The lowest BCUT2D eigenvalue weighted by Crippen LogP contribution is -2.14. The van der Waals surface area contributed by atoms with E-state index in [4.69, 9.17) is 5.26 Å². The van der Waals surface area contributed by atoms with Crippen LogP contribution in [0.25, 0.3) is 0 Å². The predicted octanol–water partition coefficient (Wildman–Crippen LogP) is 3.01. The minimum absolute atomic E-state index is 0.0279. The first-order chi connectivity index (χ1) is 10.8. The summed E-state index contributed by atoms with van der Waals surface area (Å²) in [5, 5.41) is 16.8. The normalized spacial score (nSPS) is 11.1. The molecule has 0 unspecified atom stereocenters. The molecule has 0 aliphatic heterocycles. The molecule has 0 saturated heterocycles. The van der Waals surface area contributed by atoms with Crippen LogP contribution in [0.15, 0.2) is 24.4 Å². The van der Waals surface area contributed by atoms with Crippen LogP contribution < -0.4 is 5.32 Å². The van der Waals surface area contributed by atoms with Gasteiger partial charge in [0, 0.05) is 18.5 Å². The molecule has 0 fully saturated rings. The van der Waals surface area contributed by atoms with Crippen LogP contribution in [0.3, 0.4) is 0 Å². The number of hydrogen-bond acceptors (Lipinski definition) is 3. The largest absolute Gasteiger partial charge is 0.417 e. The molecule has 0 aliphatic rings. The van der Waals surface area contributed by atoms with E-state index in [9.17, 15) is 22.4 Å². The zero-order valence-corrected chi connectivity index (χ0v) is 11.5. The molecule has 1 heterocycles. The molecule has 9 heteroatoms. The van der Waals surface area contributed by atoms with E-state index in [1.165, 1.54) is 12.1 Å². The molecular formula is C14H10F4N4O. The number of amides is 1. The number of carbonyl (C=O) groups is 1. The Morgan fingerprint density at radius 3 is 2.70 bits per heavy atom. The molecule has 0 spiro atoms. The van der Waals surface area contributed by atoms with E-state index in [2.05, 4.69) is 15.5 Å². The Labute approximate surface area is 127 Å². The summed E-state index contributed by atoms with van der Waals surface area (Å²) >= 11 is 0. The van der Waals surface area contributed by atoms with Gasteiger partial charge in [-0.15, -0.1) is 0 Å². The van der Waals surface area contributed by atoms with E-state index in [-0.39, 0.29) is 24.2 Å². The van der Waals surface area contributed by atoms with E-state index in [0.29, 0.717) is 6.07 Å². The molecule has 0 atom stereocenters. The van der Waals surface area contributed by atoms with Crippen LogP contribution in [0.4, 0.5) is 23.2 Å². The van der Waals surface area contributed by atoms with Gasteiger partial charge in [0.05, 0.1) is 29.1 Å². The van der Waals surface area contributed by atoms with Crippen LogP contribution in [-0.4, -0.2) is 16.1 Å². The number of nitrogens with one attached hydrogen (secondary N) is 2. The molecule has 23 heavy (non-hydrogen) atoms. The first-order valence-corrected chi connectivity index (χ1v) is 6.40. The average molecular weight is 326 g/mol. The summed E-state index contributed by atoms with van der Waals surface area (Å²) in [6.45, 7) is 0. The fraction of sp³-hybridized carbons (Fsp3) is 0.214. The number of aromatic nitrogens is 2. The quantitative estimate of drug-likeness (QED) is 0.848. The van der Waals surface area contributed by atoms with E-state index >= 15 is 0 Å². The lowest BCUT2D eigenvalue weighted by molar-refractivity contribution is -0.137. The van der Waals surface area contributed by atoms with Crippen molar-refractivity contribution in [2.75, 3.05) is 5.32 Å². The van der Waals surface area contributed by atoms with Crippen LogP contribution in [0, 0.1) is 17.1 Å². The molecule has 0 aliphatic carbocycles. The molecule has 1 aromatic carbocycles.